The zero-order valence-electron chi connectivity index (χ0n) is 14.6. The van der Waals surface area contributed by atoms with Crippen LogP contribution in [0.3, 0.4) is 0 Å². The first-order valence-electron chi connectivity index (χ1n) is 8.22. The normalized spacial score (nSPS) is 12.6. The van der Waals surface area contributed by atoms with Crippen molar-refractivity contribution in [2.45, 2.75) is 25.7 Å². The van der Waals surface area contributed by atoms with Crippen molar-refractivity contribution in [2.24, 2.45) is 0 Å². The number of nitrogens with zero attached hydrogens (tertiary/aromatic N) is 4. The second kappa shape index (κ2) is 7.97. The van der Waals surface area contributed by atoms with Gasteiger partial charge in [0.15, 0.2) is 0 Å². The average molecular weight is 410 g/mol. The Hall–Kier alpha value is -2.94. The molecular formula is C18H15ClF3N5O. The molecule has 1 heterocycles. The number of alkyl halides is 3. The van der Waals surface area contributed by atoms with Gasteiger partial charge in [-0.25, -0.2) is 0 Å². The van der Waals surface area contributed by atoms with Crippen LogP contribution in [0.5, 0.6) is 0 Å². The molecule has 1 aromatic heterocycles. The van der Waals surface area contributed by atoms with E-state index in [-0.39, 0.29) is 29.9 Å². The zero-order chi connectivity index (χ0) is 20.3. The van der Waals surface area contributed by atoms with Gasteiger partial charge in [-0.3, -0.25) is 4.79 Å². The highest BCUT2D eigenvalue weighted by atomic mass is 35.5. The Morgan fingerprint density at radius 2 is 1.96 bits per heavy atom. The molecule has 0 radical (unpaired) electrons. The highest BCUT2D eigenvalue weighted by Crippen LogP contribution is 2.31. The summed E-state index contributed by atoms with van der Waals surface area (Å²) in [6, 6.07) is 11.4. The molecule has 28 heavy (non-hydrogen) atoms. The van der Waals surface area contributed by atoms with Gasteiger partial charge in [0.2, 0.25) is 11.7 Å². The molecule has 2 aromatic carbocycles. The van der Waals surface area contributed by atoms with Crippen LogP contribution in [0.2, 0.25) is 5.02 Å². The molecule has 0 unspecified atom stereocenters. The van der Waals surface area contributed by atoms with Gasteiger partial charge in [-0.15, -0.1) is 10.2 Å². The van der Waals surface area contributed by atoms with Gasteiger partial charge < -0.3 is 5.32 Å². The van der Waals surface area contributed by atoms with E-state index in [0.717, 1.165) is 22.5 Å². The maximum absolute atomic E-state index is 12.8. The molecule has 0 spiro atoms. The van der Waals surface area contributed by atoms with Crippen molar-refractivity contribution in [2.75, 3.05) is 0 Å². The van der Waals surface area contributed by atoms with Crippen LogP contribution in [-0.4, -0.2) is 26.1 Å². The molecule has 0 bridgehead atoms. The smallest absolute Gasteiger partial charge is 0.348 e. The molecule has 10 heteroatoms. The van der Waals surface area contributed by atoms with Gasteiger partial charge in [-0.05, 0) is 42.0 Å². The third kappa shape index (κ3) is 4.86. The quantitative estimate of drug-likeness (QED) is 0.694. The lowest BCUT2D eigenvalue weighted by Gasteiger charge is -2.14. The van der Waals surface area contributed by atoms with E-state index in [1.807, 2.05) is 6.07 Å². The molecular weight excluding hydrogens is 395 g/mol. The minimum Gasteiger partial charge on any atom is -0.348 e. The lowest BCUT2D eigenvalue weighted by molar-refractivity contribution is -0.137. The number of carbonyl (C=O) groups excluding carboxylic acids is 1. The molecule has 3 rings (SSSR count). The minimum atomic E-state index is -4.47. The van der Waals surface area contributed by atoms with Crippen LogP contribution in [0.25, 0.3) is 11.4 Å². The fraction of sp³-hybridized carbons (Fsp3) is 0.222. The average Bonchev–Trinajstić information content (AvgIpc) is 3.09. The Labute approximate surface area is 163 Å². The molecule has 3 aromatic rings. The third-order valence-electron chi connectivity index (χ3n) is 3.91. The Bertz CT molecular complexity index is 989. The van der Waals surface area contributed by atoms with Crippen LogP contribution in [0.15, 0.2) is 48.5 Å². The molecule has 0 saturated carbocycles. The second-order valence-electron chi connectivity index (χ2n) is 6.07. The Balaban J connectivity index is 1.67. The number of rotatable bonds is 5. The SMILES string of the molecule is C[C@H](NC(=O)Cn1nnc(-c2cccc(C(F)(F)F)c2)n1)c1cccc(Cl)c1. The highest BCUT2D eigenvalue weighted by molar-refractivity contribution is 6.30. The fourth-order valence-electron chi connectivity index (χ4n) is 2.54. The number of hydrogen-bond donors (Lipinski definition) is 1. The second-order valence-corrected chi connectivity index (χ2v) is 6.50. The largest absolute Gasteiger partial charge is 0.416 e. The van der Waals surface area contributed by atoms with Crippen LogP contribution >= 0.6 is 11.6 Å². The molecule has 1 N–H and O–H groups in total. The van der Waals surface area contributed by atoms with Gasteiger partial charge in [0, 0.05) is 10.6 Å². The standard InChI is InChI=1S/C18H15ClF3N5O/c1-11(12-4-3-7-15(19)9-12)23-16(28)10-27-25-17(24-26-27)13-5-2-6-14(8-13)18(20,21)22/h2-9,11H,10H2,1H3,(H,23,28)/t11-/m0/s1. The number of hydrogen-bond acceptors (Lipinski definition) is 4. The van der Waals surface area contributed by atoms with Crippen LogP contribution in [0.1, 0.15) is 24.1 Å². The van der Waals surface area contributed by atoms with E-state index in [1.54, 1.807) is 25.1 Å². The first kappa shape index (κ1) is 19.8. The van der Waals surface area contributed by atoms with Gasteiger partial charge in [-0.2, -0.15) is 18.0 Å². The zero-order valence-corrected chi connectivity index (χ0v) is 15.4. The summed E-state index contributed by atoms with van der Waals surface area (Å²) in [6.07, 6.45) is -4.47. The Morgan fingerprint density at radius 3 is 2.68 bits per heavy atom. The van der Waals surface area contributed by atoms with Crippen molar-refractivity contribution in [3.05, 3.63) is 64.7 Å². The summed E-state index contributed by atoms with van der Waals surface area (Å²) >= 11 is 5.94. The van der Waals surface area contributed by atoms with E-state index in [4.69, 9.17) is 11.6 Å². The maximum atomic E-state index is 12.8. The Morgan fingerprint density at radius 1 is 1.21 bits per heavy atom. The van der Waals surface area contributed by atoms with E-state index < -0.39 is 11.7 Å². The van der Waals surface area contributed by atoms with Crippen molar-refractivity contribution in [1.82, 2.24) is 25.5 Å². The molecule has 1 atom stereocenters. The number of halogens is 4. The van der Waals surface area contributed by atoms with E-state index in [0.29, 0.717) is 5.02 Å². The van der Waals surface area contributed by atoms with E-state index in [1.165, 1.54) is 12.1 Å². The summed E-state index contributed by atoms with van der Waals surface area (Å²) in [7, 11) is 0. The van der Waals surface area contributed by atoms with Gasteiger partial charge in [-0.1, -0.05) is 35.9 Å². The van der Waals surface area contributed by atoms with Crippen molar-refractivity contribution in [1.29, 1.82) is 0 Å². The van der Waals surface area contributed by atoms with Crippen LogP contribution in [0, 0.1) is 0 Å². The molecule has 0 aliphatic heterocycles. The highest BCUT2D eigenvalue weighted by Gasteiger charge is 2.30. The summed E-state index contributed by atoms with van der Waals surface area (Å²) in [5.74, 6) is -0.373. The molecule has 146 valence electrons. The molecule has 0 fully saturated rings. The number of benzene rings is 2. The van der Waals surface area contributed by atoms with E-state index in [2.05, 4.69) is 20.7 Å². The molecule has 6 nitrogen and oxygen atoms in total. The Kier molecular flexibility index (Phi) is 5.64. The first-order valence-corrected chi connectivity index (χ1v) is 8.60. The lowest BCUT2D eigenvalue weighted by atomic mass is 10.1. The van der Waals surface area contributed by atoms with Crippen LogP contribution in [-0.2, 0) is 17.5 Å². The van der Waals surface area contributed by atoms with Crippen molar-refractivity contribution in [3.8, 4) is 11.4 Å². The number of tetrazole rings is 1. The summed E-state index contributed by atoms with van der Waals surface area (Å²) in [5, 5.41) is 14.8. The van der Waals surface area contributed by atoms with Gasteiger partial charge in [0.25, 0.3) is 0 Å². The number of nitrogens with one attached hydrogen (secondary N) is 1. The van der Waals surface area contributed by atoms with Crippen LogP contribution < -0.4 is 5.32 Å². The first-order chi connectivity index (χ1) is 13.2. The molecule has 0 aliphatic carbocycles. The van der Waals surface area contributed by atoms with Crippen molar-refractivity contribution in [3.63, 3.8) is 0 Å². The number of carbonyl (C=O) groups is 1. The number of amides is 1. The fourth-order valence-corrected chi connectivity index (χ4v) is 2.73. The van der Waals surface area contributed by atoms with Crippen LogP contribution in [0.4, 0.5) is 13.2 Å². The van der Waals surface area contributed by atoms with Gasteiger partial charge in [0.1, 0.15) is 6.54 Å². The van der Waals surface area contributed by atoms with Gasteiger partial charge >= 0.3 is 6.18 Å². The predicted octanol–water partition coefficient (Wildman–Crippen LogP) is 3.89. The summed E-state index contributed by atoms with van der Waals surface area (Å²) in [4.78, 5) is 13.2. The lowest BCUT2D eigenvalue weighted by Crippen LogP contribution is -2.30. The third-order valence-corrected chi connectivity index (χ3v) is 4.15. The maximum Gasteiger partial charge on any atom is 0.416 e. The topological polar surface area (TPSA) is 72.7 Å². The molecule has 0 saturated heterocycles. The van der Waals surface area contributed by atoms with Crippen molar-refractivity contribution >= 4 is 17.5 Å². The summed E-state index contributed by atoms with van der Waals surface area (Å²) < 4.78 is 38.5. The summed E-state index contributed by atoms with van der Waals surface area (Å²) in [5.41, 5.74) is 0.181. The monoisotopic (exact) mass is 409 g/mol. The number of aromatic nitrogens is 4. The van der Waals surface area contributed by atoms with Gasteiger partial charge in [0.05, 0.1) is 11.6 Å². The summed E-state index contributed by atoms with van der Waals surface area (Å²) in [6.45, 7) is 1.57. The molecule has 1 amide bonds. The predicted molar refractivity (Wildman–Crippen MR) is 96.3 cm³/mol. The van der Waals surface area contributed by atoms with E-state index in [9.17, 15) is 18.0 Å². The molecule has 0 aliphatic rings. The van der Waals surface area contributed by atoms with Crippen molar-refractivity contribution < 1.29 is 18.0 Å². The van der Waals surface area contributed by atoms with E-state index >= 15 is 0 Å². The minimum absolute atomic E-state index is 0.00166.